The molecule has 0 aliphatic carbocycles. The zero-order valence-corrected chi connectivity index (χ0v) is 14.5. The van der Waals surface area contributed by atoms with Crippen LogP contribution < -0.4 is 0 Å². The summed E-state index contributed by atoms with van der Waals surface area (Å²) in [4.78, 5) is 7.76. The lowest BCUT2D eigenvalue weighted by atomic mass is 10.2. The van der Waals surface area contributed by atoms with E-state index >= 15 is 0 Å². The zero-order valence-electron chi connectivity index (χ0n) is 12.9. The number of nitrogens with zero attached hydrogens (tertiary/aromatic N) is 3. The molecule has 0 N–H and O–H groups in total. The van der Waals surface area contributed by atoms with Gasteiger partial charge in [0.1, 0.15) is 0 Å². The maximum absolute atomic E-state index is 5.90. The van der Waals surface area contributed by atoms with Gasteiger partial charge in [-0.3, -0.25) is 0 Å². The minimum Gasteiger partial charge on any atom is -0.339 e. The first kappa shape index (κ1) is 16.2. The summed E-state index contributed by atoms with van der Waals surface area (Å²) in [7, 11) is 2.11. The zero-order chi connectivity index (χ0) is 16.1. The quantitative estimate of drug-likeness (QED) is 0.630. The molecule has 0 spiro atoms. The lowest BCUT2D eigenvalue weighted by Gasteiger charge is -2.16. The van der Waals surface area contributed by atoms with Gasteiger partial charge in [-0.05, 0) is 49.2 Å². The summed E-state index contributed by atoms with van der Waals surface area (Å²) in [5.41, 5.74) is 1.26. The molecule has 0 atom stereocenters. The van der Waals surface area contributed by atoms with E-state index in [1.165, 1.54) is 5.56 Å². The second kappa shape index (κ2) is 7.73. The lowest BCUT2D eigenvalue weighted by molar-refractivity contribution is 0.310. The topological polar surface area (TPSA) is 42.2 Å². The summed E-state index contributed by atoms with van der Waals surface area (Å²) in [6.45, 7) is 1.88. The molecule has 0 fully saturated rings. The standard InChI is InChI=1S/C17H18ClN3OS/c1-21(12-13-6-8-14(18)9-7-13)10-2-5-16-19-17(20-22-16)15-4-3-11-23-15/h3-4,6-9,11H,2,5,10,12H2,1H3. The van der Waals surface area contributed by atoms with E-state index in [0.29, 0.717) is 11.7 Å². The van der Waals surface area contributed by atoms with Crippen molar-refractivity contribution in [2.24, 2.45) is 0 Å². The van der Waals surface area contributed by atoms with Crippen molar-refractivity contribution in [3.05, 3.63) is 58.3 Å². The van der Waals surface area contributed by atoms with Gasteiger partial charge in [-0.1, -0.05) is 35.0 Å². The summed E-state index contributed by atoms with van der Waals surface area (Å²) in [5, 5.41) is 6.81. The van der Waals surface area contributed by atoms with Crippen molar-refractivity contribution in [1.29, 1.82) is 0 Å². The average molecular weight is 348 g/mol. The molecule has 3 aromatic rings. The van der Waals surface area contributed by atoms with E-state index in [-0.39, 0.29) is 0 Å². The molecule has 0 saturated heterocycles. The van der Waals surface area contributed by atoms with Crippen molar-refractivity contribution in [2.75, 3.05) is 13.6 Å². The summed E-state index contributed by atoms with van der Waals surface area (Å²) < 4.78 is 5.31. The van der Waals surface area contributed by atoms with Gasteiger partial charge in [0, 0.05) is 18.0 Å². The molecular formula is C17H18ClN3OS. The SMILES string of the molecule is CN(CCCc1nc(-c2cccs2)no1)Cc1ccc(Cl)cc1. The minimum atomic E-state index is 0.685. The molecule has 0 radical (unpaired) electrons. The first-order chi connectivity index (χ1) is 11.2. The van der Waals surface area contributed by atoms with Crippen LogP contribution in [-0.2, 0) is 13.0 Å². The number of hydrogen-bond donors (Lipinski definition) is 0. The predicted octanol–water partition coefficient (Wildman–Crippen LogP) is 4.52. The van der Waals surface area contributed by atoms with Crippen LogP contribution >= 0.6 is 22.9 Å². The molecule has 0 aliphatic heterocycles. The van der Waals surface area contributed by atoms with E-state index in [2.05, 4.69) is 34.2 Å². The Kier molecular flexibility index (Phi) is 5.43. The van der Waals surface area contributed by atoms with Crippen LogP contribution in [0.15, 0.2) is 46.3 Å². The molecule has 23 heavy (non-hydrogen) atoms. The fourth-order valence-electron chi connectivity index (χ4n) is 2.34. The third-order valence-corrected chi connectivity index (χ3v) is 4.62. The van der Waals surface area contributed by atoms with Crippen molar-refractivity contribution in [2.45, 2.75) is 19.4 Å². The smallest absolute Gasteiger partial charge is 0.227 e. The molecule has 0 bridgehead atoms. The summed E-state index contributed by atoms with van der Waals surface area (Å²) in [5.74, 6) is 1.39. The van der Waals surface area contributed by atoms with Crippen LogP contribution in [0.3, 0.4) is 0 Å². The molecule has 120 valence electrons. The molecule has 3 rings (SSSR count). The van der Waals surface area contributed by atoms with E-state index in [9.17, 15) is 0 Å². The Bertz CT molecular complexity index is 725. The van der Waals surface area contributed by atoms with Crippen LogP contribution in [0.4, 0.5) is 0 Å². The first-order valence-electron chi connectivity index (χ1n) is 7.50. The molecule has 2 heterocycles. The van der Waals surface area contributed by atoms with Crippen molar-refractivity contribution in [1.82, 2.24) is 15.0 Å². The van der Waals surface area contributed by atoms with Crippen molar-refractivity contribution in [3.8, 4) is 10.7 Å². The minimum absolute atomic E-state index is 0.685. The van der Waals surface area contributed by atoms with Crippen LogP contribution in [0.25, 0.3) is 10.7 Å². The third-order valence-electron chi connectivity index (χ3n) is 3.51. The third kappa shape index (κ3) is 4.64. The van der Waals surface area contributed by atoms with E-state index in [1.54, 1.807) is 11.3 Å². The van der Waals surface area contributed by atoms with Crippen molar-refractivity contribution in [3.63, 3.8) is 0 Å². The first-order valence-corrected chi connectivity index (χ1v) is 8.76. The molecule has 6 heteroatoms. The maximum Gasteiger partial charge on any atom is 0.227 e. The Hall–Kier alpha value is -1.69. The molecule has 4 nitrogen and oxygen atoms in total. The largest absolute Gasteiger partial charge is 0.339 e. The number of halogens is 1. The second-order valence-corrected chi connectivity index (χ2v) is 6.84. The summed E-state index contributed by atoms with van der Waals surface area (Å²) in [6.07, 6.45) is 1.78. The number of hydrogen-bond acceptors (Lipinski definition) is 5. The van der Waals surface area contributed by atoms with Crippen molar-refractivity contribution >= 4 is 22.9 Å². The highest BCUT2D eigenvalue weighted by Crippen LogP contribution is 2.21. The van der Waals surface area contributed by atoms with Gasteiger partial charge in [0.2, 0.25) is 11.7 Å². The van der Waals surface area contributed by atoms with E-state index in [0.717, 1.165) is 35.8 Å². The van der Waals surface area contributed by atoms with Crippen LogP contribution in [0.5, 0.6) is 0 Å². The Labute approximate surface area is 144 Å². The Morgan fingerprint density at radius 2 is 2.04 bits per heavy atom. The molecule has 0 aliphatic rings. The second-order valence-electron chi connectivity index (χ2n) is 5.46. The number of aromatic nitrogens is 2. The lowest BCUT2D eigenvalue weighted by Crippen LogP contribution is -2.19. The summed E-state index contributed by atoms with van der Waals surface area (Å²) in [6, 6.07) is 12.0. The van der Waals surface area contributed by atoms with Gasteiger partial charge in [0.25, 0.3) is 0 Å². The predicted molar refractivity (Wildman–Crippen MR) is 93.7 cm³/mol. The van der Waals surface area contributed by atoms with Crippen LogP contribution in [0.2, 0.25) is 5.02 Å². The van der Waals surface area contributed by atoms with E-state index in [1.807, 2.05) is 29.6 Å². The number of rotatable bonds is 7. The monoisotopic (exact) mass is 347 g/mol. The summed E-state index contributed by atoms with van der Waals surface area (Å²) >= 11 is 7.52. The Balaban J connectivity index is 1.45. The van der Waals surface area contributed by atoms with Gasteiger partial charge >= 0.3 is 0 Å². The Morgan fingerprint density at radius 3 is 2.78 bits per heavy atom. The van der Waals surface area contributed by atoms with Gasteiger partial charge in [0.15, 0.2) is 0 Å². The molecular weight excluding hydrogens is 330 g/mol. The Morgan fingerprint density at radius 1 is 1.22 bits per heavy atom. The fourth-order valence-corrected chi connectivity index (χ4v) is 3.12. The molecule has 2 aromatic heterocycles. The van der Waals surface area contributed by atoms with Gasteiger partial charge < -0.3 is 9.42 Å². The van der Waals surface area contributed by atoms with Crippen LogP contribution in [0.1, 0.15) is 17.9 Å². The highest BCUT2D eigenvalue weighted by atomic mass is 35.5. The molecule has 0 amide bonds. The van der Waals surface area contributed by atoms with Gasteiger partial charge in [-0.25, -0.2) is 0 Å². The normalized spacial score (nSPS) is 11.3. The highest BCUT2D eigenvalue weighted by Gasteiger charge is 2.09. The van der Waals surface area contributed by atoms with E-state index in [4.69, 9.17) is 16.1 Å². The van der Waals surface area contributed by atoms with Gasteiger partial charge in [-0.15, -0.1) is 11.3 Å². The number of thiophene rings is 1. The molecule has 0 unspecified atom stereocenters. The molecule has 1 aromatic carbocycles. The van der Waals surface area contributed by atoms with E-state index < -0.39 is 0 Å². The maximum atomic E-state index is 5.90. The molecule has 0 saturated carbocycles. The van der Waals surface area contributed by atoms with Gasteiger partial charge in [0.05, 0.1) is 4.88 Å². The fraction of sp³-hybridized carbons (Fsp3) is 0.294. The van der Waals surface area contributed by atoms with Gasteiger partial charge in [-0.2, -0.15) is 4.98 Å². The number of benzene rings is 1. The average Bonchev–Trinajstić information content (AvgIpc) is 3.20. The van der Waals surface area contributed by atoms with Crippen LogP contribution in [-0.4, -0.2) is 28.6 Å². The van der Waals surface area contributed by atoms with Crippen LogP contribution in [0, 0.1) is 0 Å². The van der Waals surface area contributed by atoms with Crippen molar-refractivity contribution < 1.29 is 4.52 Å². The highest BCUT2D eigenvalue weighted by molar-refractivity contribution is 7.13. The number of aryl methyl sites for hydroxylation is 1.